The Hall–Kier alpha value is -1.90. The summed E-state index contributed by atoms with van der Waals surface area (Å²) in [5.41, 5.74) is 0.288. The van der Waals surface area contributed by atoms with Crippen molar-refractivity contribution < 1.29 is 14.6 Å². The van der Waals surface area contributed by atoms with Crippen LogP contribution in [0.3, 0.4) is 0 Å². The molecule has 8 heteroatoms. The maximum absolute atomic E-state index is 11.2. The van der Waals surface area contributed by atoms with Crippen molar-refractivity contribution in [2.45, 2.75) is 64.3 Å². The quantitative estimate of drug-likeness (QED) is 0.674. The number of piperidine rings is 1. The average Bonchev–Trinajstić information content (AvgIpc) is 3.32. The predicted molar refractivity (Wildman–Crippen MR) is 122 cm³/mol. The number of carbonyl (C=O) groups excluding carboxylic acids is 1. The Labute approximate surface area is 190 Å². The first-order chi connectivity index (χ1) is 15.5. The van der Waals surface area contributed by atoms with Crippen molar-refractivity contribution in [1.29, 1.82) is 0 Å². The molecule has 1 spiro atoms. The largest absolute Gasteiger partial charge is 0.498 e. The maximum atomic E-state index is 11.2. The van der Waals surface area contributed by atoms with Gasteiger partial charge in [0.25, 0.3) is 0 Å². The molecule has 32 heavy (non-hydrogen) atoms. The van der Waals surface area contributed by atoms with Crippen molar-refractivity contribution in [2.75, 3.05) is 38.1 Å². The van der Waals surface area contributed by atoms with Crippen LogP contribution in [0.5, 0.6) is 0 Å². The number of nitrogens with one attached hydrogen (secondary N) is 1. The van der Waals surface area contributed by atoms with Gasteiger partial charge in [-0.25, -0.2) is 4.68 Å². The van der Waals surface area contributed by atoms with Crippen LogP contribution in [0.1, 0.15) is 58.7 Å². The second-order valence-corrected chi connectivity index (χ2v) is 10.1. The summed E-state index contributed by atoms with van der Waals surface area (Å²) in [5.74, 6) is 3.83. The fourth-order valence-corrected chi connectivity index (χ4v) is 6.38. The number of carbonyl (C=O) groups is 1. The Kier molecular flexibility index (Phi) is 6.03. The number of fused-ring (bicyclic) bond motifs is 1. The van der Waals surface area contributed by atoms with E-state index in [1.54, 1.807) is 12.3 Å². The Bertz CT molecular complexity index is 860. The molecular formula is C24H37N5O3. The monoisotopic (exact) mass is 443 g/mol. The van der Waals surface area contributed by atoms with E-state index in [1.165, 1.54) is 49.7 Å². The standard InChI is InChI=1S/C24H37N5O3/c1-3-32-21-6-5-18(19-15-20(19)21)16-28-11-4-8-24(28)9-13-27(14-10-24)23(31)29-12-7-22(26-29)25-17(2)30/h6-7,12,18-20,23,31H,3-5,8-11,13-16H2,1-2H3,(H,25,26,30). The third kappa shape index (κ3) is 4.20. The zero-order chi connectivity index (χ0) is 22.3. The van der Waals surface area contributed by atoms with Crippen molar-refractivity contribution in [2.24, 2.45) is 17.8 Å². The first kappa shape index (κ1) is 21.9. The summed E-state index contributed by atoms with van der Waals surface area (Å²) in [6, 6.07) is 1.72. The molecule has 5 rings (SSSR count). The summed E-state index contributed by atoms with van der Waals surface area (Å²) >= 11 is 0. The SMILES string of the molecule is CCOC1=CCC(CN2CCCC23CCN(C(O)n2ccc(NC(C)=O)n2)CC3)C2CC12. The number of rotatable bonds is 7. The molecular weight excluding hydrogens is 406 g/mol. The van der Waals surface area contributed by atoms with Gasteiger partial charge >= 0.3 is 0 Å². The van der Waals surface area contributed by atoms with Crippen LogP contribution in [-0.4, -0.2) is 68.9 Å². The molecule has 0 bridgehead atoms. The van der Waals surface area contributed by atoms with Crippen LogP contribution < -0.4 is 5.32 Å². The van der Waals surface area contributed by atoms with E-state index < -0.39 is 6.35 Å². The number of aliphatic hydroxyl groups excluding tert-OH is 1. The van der Waals surface area contributed by atoms with E-state index >= 15 is 0 Å². The third-order valence-corrected chi connectivity index (χ3v) is 8.14. The molecule has 1 amide bonds. The number of likely N-dealkylation sites (tertiary alicyclic amines) is 2. The predicted octanol–water partition coefficient (Wildman–Crippen LogP) is 2.80. The van der Waals surface area contributed by atoms with Gasteiger partial charge in [0.2, 0.25) is 12.3 Å². The minimum absolute atomic E-state index is 0.161. The van der Waals surface area contributed by atoms with Gasteiger partial charge in [0.1, 0.15) is 0 Å². The van der Waals surface area contributed by atoms with E-state index in [0.29, 0.717) is 11.7 Å². The zero-order valence-electron chi connectivity index (χ0n) is 19.4. The number of hydrogen-bond donors (Lipinski definition) is 2. The highest BCUT2D eigenvalue weighted by Gasteiger charge is 2.51. The Balaban J connectivity index is 1.17. The highest BCUT2D eigenvalue weighted by atomic mass is 16.5. The Morgan fingerprint density at radius 3 is 2.91 bits per heavy atom. The highest BCUT2D eigenvalue weighted by molar-refractivity contribution is 5.87. The molecule has 1 aromatic heterocycles. The zero-order valence-corrected chi connectivity index (χ0v) is 19.4. The van der Waals surface area contributed by atoms with Gasteiger partial charge in [-0.3, -0.25) is 14.6 Å². The average molecular weight is 444 g/mol. The Morgan fingerprint density at radius 2 is 2.16 bits per heavy atom. The lowest BCUT2D eigenvalue weighted by atomic mass is 9.83. The summed E-state index contributed by atoms with van der Waals surface area (Å²) in [5, 5.41) is 17.8. The van der Waals surface area contributed by atoms with Crippen LogP contribution in [0.25, 0.3) is 0 Å². The molecule has 2 aliphatic carbocycles. The van der Waals surface area contributed by atoms with E-state index in [4.69, 9.17) is 4.74 Å². The topological polar surface area (TPSA) is 82.9 Å². The van der Waals surface area contributed by atoms with E-state index in [-0.39, 0.29) is 11.4 Å². The number of nitrogens with zero attached hydrogens (tertiary/aromatic N) is 4. The van der Waals surface area contributed by atoms with Crippen LogP contribution in [0, 0.1) is 17.8 Å². The number of ether oxygens (including phenoxy) is 1. The number of aromatic nitrogens is 2. The van der Waals surface area contributed by atoms with Crippen LogP contribution >= 0.6 is 0 Å². The number of allylic oxidation sites excluding steroid dienone is 2. The fraction of sp³-hybridized carbons (Fsp3) is 0.750. The van der Waals surface area contributed by atoms with E-state index in [0.717, 1.165) is 50.8 Å². The van der Waals surface area contributed by atoms with Gasteiger partial charge in [-0.15, -0.1) is 0 Å². The van der Waals surface area contributed by atoms with Gasteiger partial charge in [0, 0.05) is 50.3 Å². The molecule has 2 aliphatic heterocycles. The number of anilines is 1. The second-order valence-electron chi connectivity index (χ2n) is 10.1. The molecule has 1 aromatic rings. The molecule has 8 nitrogen and oxygen atoms in total. The molecule has 1 saturated carbocycles. The first-order valence-corrected chi connectivity index (χ1v) is 12.3. The van der Waals surface area contributed by atoms with E-state index in [1.807, 2.05) is 0 Å². The van der Waals surface area contributed by atoms with Crippen molar-refractivity contribution >= 4 is 11.7 Å². The number of aliphatic hydroxyl groups is 1. The lowest BCUT2D eigenvalue weighted by Gasteiger charge is -2.47. The summed E-state index contributed by atoms with van der Waals surface area (Å²) in [7, 11) is 0. The summed E-state index contributed by atoms with van der Waals surface area (Å²) in [6.45, 7) is 8.45. The highest BCUT2D eigenvalue weighted by Crippen LogP contribution is 2.54. The van der Waals surface area contributed by atoms with Crippen molar-refractivity contribution in [3.63, 3.8) is 0 Å². The van der Waals surface area contributed by atoms with E-state index in [2.05, 4.69) is 33.2 Å². The molecule has 4 atom stereocenters. The van der Waals surface area contributed by atoms with Gasteiger partial charge in [0.05, 0.1) is 12.4 Å². The molecule has 0 aromatic carbocycles. The van der Waals surface area contributed by atoms with Crippen LogP contribution in [0.15, 0.2) is 24.1 Å². The fourth-order valence-electron chi connectivity index (χ4n) is 6.38. The summed E-state index contributed by atoms with van der Waals surface area (Å²) in [4.78, 5) is 16.1. The molecule has 4 aliphatic rings. The summed E-state index contributed by atoms with van der Waals surface area (Å²) in [6.07, 6.45) is 10.5. The molecule has 3 fully saturated rings. The van der Waals surface area contributed by atoms with Gasteiger partial charge in [-0.05, 0) is 69.9 Å². The smallest absolute Gasteiger partial charge is 0.222 e. The molecule has 3 heterocycles. The van der Waals surface area contributed by atoms with Gasteiger partial charge in [-0.1, -0.05) is 0 Å². The number of amides is 1. The van der Waals surface area contributed by atoms with Gasteiger partial charge < -0.3 is 15.2 Å². The second kappa shape index (κ2) is 8.80. The molecule has 2 saturated heterocycles. The number of hydrogen-bond acceptors (Lipinski definition) is 6. The van der Waals surface area contributed by atoms with Crippen molar-refractivity contribution in [3.05, 3.63) is 24.1 Å². The lowest BCUT2D eigenvalue weighted by Crippen LogP contribution is -2.54. The third-order valence-electron chi connectivity index (χ3n) is 8.14. The molecule has 176 valence electrons. The van der Waals surface area contributed by atoms with Crippen LogP contribution in [0.2, 0.25) is 0 Å². The van der Waals surface area contributed by atoms with Gasteiger partial charge in [0.15, 0.2) is 5.82 Å². The van der Waals surface area contributed by atoms with Crippen LogP contribution in [-0.2, 0) is 9.53 Å². The molecule has 0 radical (unpaired) electrons. The minimum atomic E-state index is -0.794. The Morgan fingerprint density at radius 1 is 1.34 bits per heavy atom. The normalized spacial score (nSPS) is 30.6. The maximum Gasteiger partial charge on any atom is 0.222 e. The van der Waals surface area contributed by atoms with Crippen molar-refractivity contribution in [1.82, 2.24) is 19.6 Å². The lowest BCUT2D eigenvalue weighted by molar-refractivity contribution is -0.114. The molecule has 2 N–H and O–H groups in total. The van der Waals surface area contributed by atoms with Crippen molar-refractivity contribution in [3.8, 4) is 0 Å². The van der Waals surface area contributed by atoms with Crippen LogP contribution in [0.4, 0.5) is 5.82 Å². The molecule has 4 unspecified atom stereocenters. The van der Waals surface area contributed by atoms with Gasteiger partial charge in [-0.2, -0.15) is 5.10 Å². The summed E-state index contributed by atoms with van der Waals surface area (Å²) < 4.78 is 7.38. The van der Waals surface area contributed by atoms with E-state index in [9.17, 15) is 9.90 Å². The minimum Gasteiger partial charge on any atom is -0.498 e. The first-order valence-electron chi connectivity index (χ1n) is 12.3.